The number of aromatic nitrogens is 1. The normalized spacial score (nSPS) is 10.3. The first-order chi connectivity index (χ1) is 6.69. The maximum absolute atomic E-state index is 5.37. The van der Waals surface area contributed by atoms with Gasteiger partial charge in [0.1, 0.15) is 5.69 Å². The first-order valence-electron chi connectivity index (χ1n) is 4.78. The molecular weight excluding hydrogens is 176 g/mol. The summed E-state index contributed by atoms with van der Waals surface area (Å²) in [6.45, 7) is 10.3. The van der Waals surface area contributed by atoms with Gasteiger partial charge >= 0.3 is 0 Å². The van der Waals surface area contributed by atoms with E-state index in [-0.39, 0.29) is 0 Å². The van der Waals surface area contributed by atoms with Crippen LogP contribution in [0.15, 0.2) is 17.3 Å². The van der Waals surface area contributed by atoms with Gasteiger partial charge in [-0.3, -0.25) is 9.98 Å². The van der Waals surface area contributed by atoms with Crippen molar-refractivity contribution in [1.82, 2.24) is 4.98 Å². The summed E-state index contributed by atoms with van der Waals surface area (Å²) in [6, 6.07) is 1.92. The van der Waals surface area contributed by atoms with Gasteiger partial charge in [-0.25, -0.2) is 0 Å². The minimum atomic E-state index is 0.395. The van der Waals surface area contributed by atoms with Gasteiger partial charge in [0.15, 0.2) is 5.75 Å². The Morgan fingerprint density at radius 3 is 2.79 bits per heavy atom. The molecule has 0 amide bonds. The molecule has 3 heteroatoms. The molecule has 0 unspecified atom stereocenters. The van der Waals surface area contributed by atoms with Crippen LogP contribution in [0.25, 0.3) is 0 Å². The van der Waals surface area contributed by atoms with Crippen LogP contribution in [0.4, 0.5) is 5.69 Å². The first-order valence-corrected chi connectivity index (χ1v) is 4.78. The fourth-order valence-electron chi connectivity index (χ4n) is 1.15. The van der Waals surface area contributed by atoms with Crippen LogP contribution in [0.2, 0.25) is 0 Å². The van der Waals surface area contributed by atoms with E-state index >= 15 is 0 Å². The third-order valence-electron chi connectivity index (χ3n) is 1.93. The lowest BCUT2D eigenvalue weighted by atomic mass is 10.1. The molecule has 0 radical (unpaired) electrons. The third kappa shape index (κ3) is 2.31. The molecular formula is C11H16N2O. The van der Waals surface area contributed by atoms with E-state index in [2.05, 4.69) is 30.5 Å². The van der Waals surface area contributed by atoms with Crippen molar-refractivity contribution in [2.24, 2.45) is 4.99 Å². The number of pyridine rings is 1. The molecule has 3 nitrogen and oxygen atoms in total. The summed E-state index contributed by atoms with van der Waals surface area (Å²) in [4.78, 5) is 8.21. The lowest BCUT2D eigenvalue weighted by molar-refractivity contribution is 0.340. The second kappa shape index (κ2) is 4.74. The summed E-state index contributed by atoms with van der Waals surface area (Å²) in [5, 5.41) is 0. The van der Waals surface area contributed by atoms with Crippen LogP contribution in [0.5, 0.6) is 5.75 Å². The molecule has 1 rings (SSSR count). The molecule has 14 heavy (non-hydrogen) atoms. The predicted octanol–water partition coefficient (Wildman–Crippen LogP) is 2.94. The number of hydrogen-bond acceptors (Lipinski definition) is 3. The summed E-state index contributed by atoms with van der Waals surface area (Å²) < 4.78 is 5.37. The average Bonchev–Trinajstić information content (AvgIpc) is 2.18. The van der Waals surface area contributed by atoms with Gasteiger partial charge in [0.2, 0.25) is 0 Å². The molecule has 0 aliphatic carbocycles. The highest BCUT2D eigenvalue weighted by Gasteiger charge is 2.06. The molecule has 1 aromatic heterocycles. The monoisotopic (exact) mass is 192 g/mol. The summed E-state index contributed by atoms with van der Waals surface area (Å²) in [7, 11) is 0. The summed E-state index contributed by atoms with van der Waals surface area (Å²) in [5.41, 5.74) is 1.78. The number of aliphatic imine (C=N–C) groups is 1. The van der Waals surface area contributed by atoms with E-state index < -0.39 is 0 Å². The van der Waals surface area contributed by atoms with Crippen LogP contribution >= 0.6 is 0 Å². The summed E-state index contributed by atoms with van der Waals surface area (Å²) in [5.74, 6) is 1.10. The Labute approximate surface area is 84.8 Å². The van der Waals surface area contributed by atoms with Crippen molar-refractivity contribution in [3.8, 4) is 5.75 Å². The van der Waals surface area contributed by atoms with Gasteiger partial charge < -0.3 is 4.74 Å². The molecule has 0 aromatic carbocycles. The molecule has 0 atom stereocenters. The molecule has 76 valence electrons. The highest BCUT2D eigenvalue weighted by Crippen LogP contribution is 2.28. The molecule has 0 bridgehead atoms. The van der Waals surface area contributed by atoms with Crippen molar-refractivity contribution < 1.29 is 4.74 Å². The predicted molar refractivity (Wildman–Crippen MR) is 58.7 cm³/mol. The van der Waals surface area contributed by atoms with Crippen LogP contribution in [-0.4, -0.2) is 18.3 Å². The second-order valence-corrected chi connectivity index (χ2v) is 3.32. The van der Waals surface area contributed by atoms with E-state index in [1.165, 1.54) is 0 Å². The highest BCUT2D eigenvalue weighted by atomic mass is 16.5. The van der Waals surface area contributed by atoms with Gasteiger partial charge in [0.25, 0.3) is 0 Å². The van der Waals surface area contributed by atoms with Gasteiger partial charge in [0, 0.05) is 5.69 Å². The molecule has 1 heterocycles. The minimum absolute atomic E-state index is 0.395. The fourth-order valence-corrected chi connectivity index (χ4v) is 1.15. The maximum Gasteiger partial charge on any atom is 0.163 e. The van der Waals surface area contributed by atoms with Crippen LogP contribution in [0.1, 0.15) is 32.4 Å². The fraction of sp³-hybridized carbons (Fsp3) is 0.455. The molecule has 0 spiro atoms. The minimum Gasteiger partial charge on any atom is -0.490 e. The number of rotatable bonds is 4. The van der Waals surface area contributed by atoms with Gasteiger partial charge in [-0.1, -0.05) is 13.8 Å². The molecule has 1 aromatic rings. The Balaban J connectivity index is 3.04. The standard InChI is InChI=1S/C11H16N2O/c1-5-14-11-7-13-9(8(2)3)6-10(11)12-4/h6-8H,4-5H2,1-3H3. The smallest absolute Gasteiger partial charge is 0.163 e. The SMILES string of the molecule is C=Nc1cc(C(C)C)ncc1OCC. The Kier molecular flexibility index (Phi) is 3.63. The van der Waals surface area contributed by atoms with Gasteiger partial charge in [-0.05, 0) is 25.6 Å². The van der Waals surface area contributed by atoms with Crippen molar-refractivity contribution in [1.29, 1.82) is 0 Å². The van der Waals surface area contributed by atoms with E-state index in [4.69, 9.17) is 4.74 Å². The van der Waals surface area contributed by atoms with Gasteiger partial charge in [-0.2, -0.15) is 0 Å². The number of nitrogens with zero attached hydrogens (tertiary/aromatic N) is 2. The molecule has 0 N–H and O–H groups in total. The van der Waals surface area contributed by atoms with E-state index in [9.17, 15) is 0 Å². The van der Waals surface area contributed by atoms with Gasteiger partial charge in [-0.15, -0.1) is 0 Å². The van der Waals surface area contributed by atoms with E-state index in [1.807, 2.05) is 13.0 Å². The molecule has 0 saturated heterocycles. The van der Waals surface area contributed by atoms with Crippen molar-refractivity contribution >= 4 is 12.4 Å². The van der Waals surface area contributed by atoms with E-state index in [0.717, 1.165) is 11.4 Å². The van der Waals surface area contributed by atoms with Crippen molar-refractivity contribution in [2.75, 3.05) is 6.61 Å². The summed E-state index contributed by atoms with van der Waals surface area (Å²) in [6.07, 6.45) is 1.71. The Hall–Kier alpha value is -1.38. The van der Waals surface area contributed by atoms with E-state index in [1.54, 1.807) is 6.20 Å². The largest absolute Gasteiger partial charge is 0.490 e. The number of ether oxygens (including phenoxy) is 1. The lowest BCUT2D eigenvalue weighted by Gasteiger charge is -2.09. The molecule has 0 aliphatic heterocycles. The van der Waals surface area contributed by atoms with Crippen LogP contribution in [-0.2, 0) is 0 Å². The second-order valence-electron chi connectivity index (χ2n) is 3.32. The number of hydrogen-bond donors (Lipinski definition) is 0. The average molecular weight is 192 g/mol. The molecule has 0 fully saturated rings. The summed E-state index contributed by atoms with van der Waals surface area (Å²) >= 11 is 0. The molecule has 0 aliphatic rings. The Bertz CT molecular complexity index is 321. The van der Waals surface area contributed by atoms with Crippen LogP contribution in [0.3, 0.4) is 0 Å². The zero-order valence-corrected chi connectivity index (χ0v) is 8.95. The van der Waals surface area contributed by atoms with E-state index in [0.29, 0.717) is 18.3 Å². The van der Waals surface area contributed by atoms with Crippen molar-refractivity contribution in [3.05, 3.63) is 18.0 Å². The quantitative estimate of drug-likeness (QED) is 0.687. The topological polar surface area (TPSA) is 34.5 Å². The zero-order valence-electron chi connectivity index (χ0n) is 8.95. The maximum atomic E-state index is 5.37. The first kappa shape index (κ1) is 10.7. The van der Waals surface area contributed by atoms with Crippen LogP contribution < -0.4 is 4.74 Å². The Morgan fingerprint density at radius 1 is 1.57 bits per heavy atom. The molecule has 0 saturated carbocycles. The zero-order chi connectivity index (χ0) is 10.6. The lowest BCUT2D eigenvalue weighted by Crippen LogP contribution is -1.96. The van der Waals surface area contributed by atoms with Gasteiger partial charge in [0.05, 0.1) is 12.8 Å². The third-order valence-corrected chi connectivity index (χ3v) is 1.93. The van der Waals surface area contributed by atoms with Crippen LogP contribution in [0, 0.1) is 0 Å². The Morgan fingerprint density at radius 2 is 2.29 bits per heavy atom. The van der Waals surface area contributed by atoms with Crippen molar-refractivity contribution in [3.63, 3.8) is 0 Å². The van der Waals surface area contributed by atoms with Crippen molar-refractivity contribution in [2.45, 2.75) is 26.7 Å². The highest BCUT2D eigenvalue weighted by molar-refractivity contribution is 5.55.